The van der Waals surface area contributed by atoms with Gasteiger partial charge in [0, 0.05) is 17.1 Å². The summed E-state index contributed by atoms with van der Waals surface area (Å²) in [6, 6.07) is 7.64. The van der Waals surface area contributed by atoms with E-state index in [9.17, 15) is 9.59 Å². The van der Waals surface area contributed by atoms with Gasteiger partial charge in [-0.15, -0.1) is 0 Å². The largest absolute Gasteiger partial charge is 0.312 e. The van der Waals surface area contributed by atoms with Crippen molar-refractivity contribution in [1.29, 1.82) is 0 Å². The third-order valence-electron chi connectivity index (χ3n) is 4.02. The quantitative estimate of drug-likeness (QED) is 0.760. The van der Waals surface area contributed by atoms with Gasteiger partial charge < -0.3 is 5.32 Å². The van der Waals surface area contributed by atoms with Crippen LogP contribution in [0.5, 0.6) is 0 Å². The van der Waals surface area contributed by atoms with Gasteiger partial charge in [-0.05, 0) is 24.6 Å². The lowest BCUT2D eigenvalue weighted by Gasteiger charge is -2.25. The third-order valence-corrected chi connectivity index (χ3v) is 4.55. The Morgan fingerprint density at radius 3 is 2.61 bits per heavy atom. The number of hydrogen-bond acceptors (Lipinski definition) is 3. The molecule has 1 aromatic carbocycles. The number of carbonyl (C=O) groups excluding carboxylic acids is 2. The highest BCUT2D eigenvalue weighted by molar-refractivity contribution is 9.10. The molecule has 0 saturated carbocycles. The first-order valence-electron chi connectivity index (χ1n) is 5.90. The van der Waals surface area contributed by atoms with Gasteiger partial charge in [-0.1, -0.05) is 28.1 Å². The molecule has 1 aromatic rings. The molecule has 0 aliphatic carbocycles. The first-order chi connectivity index (χ1) is 8.55. The number of halogens is 1. The Morgan fingerprint density at radius 1 is 1.28 bits per heavy atom. The number of imide groups is 1. The molecule has 2 aliphatic heterocycles. The van der Waals surface area contributed by atoms with Crippen molar-refractivity contribution >= 4 is 27.7 Å². The number of rotatable bonds is 1. The molecule has 0 radical (unpaired) electrons. The van der Waals surface area contributed by atoms with Crippen LogP contribution in [0.15, 0.2) is 28.7 Å². The second kappa shape index (κ2) is 3.90. The summed E-state index contributed by atoms with van der Waals surface area (Å²) in [5, 5.41) is 5.72. The molecule has 2 fully saturated rings. The van der Waals surface area contributed by atoms with E-state index < -0.39 is 5.41 Å². The summed E-state index contributed by atoms with van der Waals surface area (Å²) < 4.78 is 0.961. The maximum atomic E-state index is 12.2. The minimum absolute atomic E-state index is 0.0140. The molecule has 3 atom stereocenters. The standard InChI is InChI=1S/C13H13BrN2O2/c1-7-10-11(17)16-12(18)13(10,6-15-7)8-2-4-9(14)5-3-8/h2-5,7,10,15H,6H2,1H3,(H,16,17,18). The van der Waals surface area contributed by atoms with E-state index in [0.717, 1.165) is 10.0 Å². The molecule has 3 rings (SSSR count). The first kappa shape index (κ1) is 11.9. The predicted octanol–water partition coefficient (Wildman–Crippen LogP) is 0.951. The van der Waals surface area contributed by atoms with Gasteiger partial charge in [0.2, 0.25) is 11.8 Å². The number of amides is 2. The Hall–Kier alpha value is -1.20. The number of hydrogen-bond donors (Lipinski definition) is 2. The van der Waals surface area contributed by atoms with Crippen LogP contribution in [0.4, 0.5) is 0 Å². The molecule has 0 bridgehead atoms. The van der Waals surface area contributed by atoms with Crippen molar-refractivity contribution < 1.29 is 9.59 Å². The minimum atomic E-state index is -0.739. The molecule has 2 saturated heterocycles. The first-order valence-corrected chi connectivity index (χ1v) is 6.70. The summed E-state index contributed by atoms with van der Waals surface area (Å²) in [5.74, 6) is -0.664. The van der Waals surface area contributed by atoms with Gasteiger partial charge in [-0.25, -0.2) is 0 Å². The second-order valence-electron chi connectivity index (χ2n) is 4.94. The van der Waals surface area contributed by atoms with E-state index >= 15 is 0 Å². The maximum absolute atomic E-state index is 12.2. The summed E-state index contributed by atoms with van der Waals surface area (Å²) in [5.41, 5.74) is 0.160. The zero-order chi connectivity index (χ0) is 12.9. The van der Waals surface area contributed by atoms with Crippen LogP contribution in [0.3, 0.4) is 0 Å². The number of carbonyl (C=O) groups is 2. The predicted molar refractivity (Wildman–Crippen MR) is 69.9 cm³/mol. The second-order valence-corrected chi connectivity index (χ2v) is 5.86. The van der Waals surface area contributed by atoms with Gasteiger partial charge in [-0.2, -0.15) is 0 Å². The molecular weight excluding hydrogens is 296 g/mol. The van der Waals surface area contributed by atoms with E-state index in [4.69, 9.17) is 0 Å². The molecule has 18 heavy (non-hydrogen) atoms. The topological polar surface area (TPSA) is 58.2 Å². The monoisotopic (exact) mass is 308 g/mol. The van der Waals surface area contributed by atoms with Crippen LogP contribution < -0.4 is 10.6 Å². The molecule has 2 N–H and O–H groups in total. The van der Waals surface area contributed by atoms with Crippen molar-refractivity contribution in [2.24, 2.45) is 5.92 Å². The van der Waals surface area contributed by atoms with Gasteiger partial charge >= 0.3 is 0 Å². The molecule has 3 unspecified atom stereocenters. The van der Waals surface area contributed by atoms with E-state index in [2.05, 4.69) is 26.6 Å². The molecule has 4 nitrogen and oxygen atoms in total. The van der Waals surface area contributed by atoms with Crippen LogP contribution >= 0.6 is 15.9 Å². The minimum Gasteiger partial charge on any atom is -0.312 e. The van der Waals surface area contributed by atoms with Crippen molar-refractivity contribution in [2.45, 2.75) is 18.4 Å². The van der Waals surface area contributed by atoms with E-state index in [1.807, 2.05) is 31.2 Å². The van der Waals surface area contributed by atoms with Gasteiger partial charge in [0.15, 0.2) is 0 Å². The molecular formula is C13H13BrN2O2. The summed E-state index contributed by atoms with van der Waals surface area (Å²) in [4.78, 5) is 24.2. The Morgan fingerprint density at radius 2 is 1.94 bits per heavy atom. The molecule has 2 amide bonds. The van der Waals surface area contributed by atoms with Crippen molar-refractivity contribution in [1.82, 2.24) is 10.6 Å². The Kier molecular flexibility index (Phi) is 2.57. The van der Waals surface area contributed by atoms with Crippen LogP contribution in [0.25, 0.3) is 0 Å². The lowest BCUT2D eigenvalue weighted by atomic mass is 9.72. The third kappa shape index (κ3) is 1.40. The number of nitrogens with one attached hydrogen (secondary N) is 2. The van der Waals surface area contributed by atoms with Crippen LogP contribution in [-0.2, 0) is 15.0 Å². The average molecular weight is 309 g/mol. The fourth-order valence-corrected chi connectivity index (χ4v) is 3.37. The zero-order valence-electron chi connectivity index (χ0n) is 9.87. The fourth-order valence-electron chi connectivity index (χ4n) is 3.11. The van der Waals surface area contributed by atoms with E-state index in [1.165, 1.54) is 0 Å². The van der Waals surface area contributed by atoms with Crippen LogP contribution in [0, 0.1) is 5.92 Å². The average Bonchev–Trinajstić information content (AvgIpc) is 2.80. The van der Waals surface area contributed by atoms with Crippen LogP contribution in [0.1, 0.15) is 12.5 Å². The lowest BCUT2D eigenvalue weighted by Crippen LogP contribution is -2.41. The highest BCUT2D eigenvalue weighted by Crippen LogP contribution is 2.42. The van der Waals surface area contributed by atoms with Crippen LogP contribution in [-0.4, -0.2) is 24.4 Å². The summed E-state index contributed by atoms with van der Waals surface area (Å²) in [7, 11) is 0. The normalized spacial score (nSPS) is 34.6. The molecule has 94 valence electrons. The number of fused-ring (bicyclic) bond motifs is 1. The zero-order valence-corrected chi connectivity index (χ0v) is 11.5. The maximum Gasteiger partial charge on any atom is 0.239 e. The Bertz CT molecular complexity index is 528. The van der Waals surface area contributed by atoms with Gasteiger partial charge in [0.05, 0.1) is 11.3 Å². The Balaban J connectivity index is 2.14. The molecule has 2 aliphatic rings. The van der Waals surface area contributed by atoms with Gasteiger partial charge in [0.1, 0.15) is 0 Å². The van der Waals surface area contributed by atoms with Gasteiger partial charge in [0.25, 0.3) is 0 Å². The summed E-state index contributed by atoms with van der Waals surface area (Å²) >= 11 is 3.38. The highest BCUT2D eigenvalue weighted by Gasteiger charge is 2.61. The molecule has 0 aromatic heterocycles. The van der Waals surface area contributed by atoms with Crippen molar-refractivity contribution in [2.75, 3.05) is 6.54 Å². The summed E-state index contributed by atoms with van der Waals surface area (Å²) in [6.07, 6.45) is 0. The highest BCUT2D eigenvalue weighted by atomic mass is 79.9. The number of benzene rings is 1. The van der Waals surface area contributed by atoms with Crippen molar-refractivity contribution in [3.63, 3.8) is 0 Å². The summed E-state index contributed by atoms with van der Waals surface area (Å²) in [6.45, 7) is 2.46. The molecule has 0 spiro atoms. The fraction of sp³-hybridized carbons (Fsp3) is 0.385. The van der Waals surface area contributed by atoms with E-state index in [0.29, 0.717) is 6.54 Å². The van der Waals surface area contributed by atoms with Crippen molar-refractivity contribution in [3.05, 3.63) is 34.3 Å². The SMILES string of the molecule is CC1NCC2(c3ccc(Br)cc3)C(=O)NC(=O)C12. The molecule has 5 heteroatoms. The molecule has 2 heterocycles. The van der Waals surface area contributed by atoms with E-state index in [-0.39, 0.29) is 23.8 Å². The lowest BCUT2D eigenvalue weighted by molar-refractivity contribution is -0.126. The smallest absolute Gasteiger partial charge is 0.239 e. The van der Waals surface area contributed by atoms with E-state index in [1.54, 1.807) is 0 Å². The van der Waals surface area contributed by atoms with Crippen molar-refractivity contribution in [3.8, 4) is 0 Å². The van der Waals surface area contributed by atoms with Gasteiger partial charge in [-0.3, -0.25) is 14.9 Å². The van der Waals surface area contributed by atoms with Crippen LogP contribution in [0.2, 0.25) is 0 Å². The Labute approximate surface area is 113 Å².